The van der Waals surface area contributed by atoms with Crippen molar-refractivity contribution in [2.45, 2.75) is 6.92 Å². The molecule has 0 aliphatic carbocycles. The predicted octanol–water partition coefficient (Wildman–Crippen LogP) is 3.01. The van der Waals surface area contributed by atoms with E-state index >= 15 is 0 Å². The third-order valence-corrected chi connectivity index (χ3v) is 4.29. The summed E-state index contributed by atoms with van der Waals surface area (Å²) in [6.07, 6.45) is 0. The van der Waals surface area contributed by atoms with Crippen LogP contribution in [-0.2, 0) is 4.79 Å². The smallest absolute Gasteiger partial charge is 0.299 e. The van der Waals surface area contributed by atoms with Crippen molar-refractivity contribution >= 4 is 49.2 Å². The molecule has 1 aliphatic heterocycles. The number of Topliss-reactive ketones (excluding diaryl/α,β-unsaturated/α-hetero) is 1. The van der Waals surface area contributed by atoms with Gasteiger partial charge in [-0.2, -0.15) is 0 Å². The van der Waals surface area contributed by atoms with Crippen LogP contribution in [0.15, 0.2) is 22.7 Å². The molecule has 1 aromatic rings. The van der Waals surface area contributed by atoms with Gasteiger partial charge in [-0.1, -0.05) is 38.8 Å². The Hall–Kier alpha value is -0.680. The maximum atomic E-state index is 11.9. The van der Waals surface area contributed by atoms with E-state index in [1.54, 1.807) is 11.0 Å². The van der Waals surface area contributed by atoms with Crippen molar-refractivity contribution in [3.63, 3.8) is 0 Å². The molecule has 0 N–H and O–H groups in total. The second-order valence-corrected chi connectivity index (χ2v) is 5.73. The fraction of sp³-hybridized carbons (Fsp3) is 0.333. The fourth-order valence-electron chi connectivity index (χ4n) is 1.81. The number of fused-ring (bicyclic) bond motifs is 1. The Labute approximate surface area is 116 Å². The summed E-state index contributed by atoms with van der Waals surface area (Å²) in [6.45, 7) is 2.59. The Bertz CT molecular complexity index is 487. The SMILES string of the molecule is CC(CBr)CN1C(=O)C(=O)c2cc(Br)ccc21. The number of carbonyl (C=O) groups is 2. The molecule has 1 atom stereocenters. The van der Waals surface area contributed by atoms with Gasteiger partial charge in [-0.25, -0.2) is 0 Å². The number of benzene rings is 1. The molecule has 0 bridgehead atoms. The lowest BCUT2D eigenvalue weighted by atomic mass is 10.1. The van der Waals surface area contributed by atoms with E-state index in [2.05, 4.69) is 31.9 Å². The average molecular weight is 361 g/mol. The second-order valence-electron chi connectivity index (χ2n) is 4.17. The molecule has 3 nitrogen and oxygen atoms in total. The second kappa shape index (κ2) is 4.90. The minimum Gasteiger partial charge on any atom is -0.304 e. The average Bonchev–Trinajstić information content (AvgIpc) is 2.54. The molecule has 5 heteroatoms. The Kier molecular flexibility index (Phi) is 3.68. The summed E-state index contributed by atoms with van der Waals surface area (Å²) in [6, 6.07) is 5.36. The summed E-state index contributed by atoms with van der Waals surface area (Å²) in [7, 11) is 0. The molecule has 0 spiro atoms. The van der Waals surface area contributed by atoms with Gasteiger partial charge in [0, 0.05) is 16.3 Å². The van der Waals surface area contributed by atoms with Crippen LogP contribution in [0, 0.1) is 5.92 Å². The van der Waals surface area contributed by atoms with Gasteiger partial charge in [-0.15, -0.1) is 0 Å². The van der Waals surface area contributed by atoms with Crippen LogP contribution in [-0.4, -0.2) is 23.6 Å². The van der Waals surface area contributed by atoms with Crippen LogP contribution in [0.5, 0.6) is 0 Å². The molecule has 1 heterocycles. The molecular formula is C12H11Br2NO2. The van der Waals surface area contributed by atoms with E-state index in [0.717, 1.165) is 15.5 Å². The molecule has 1 unspecified atom stereocenters. The van der Waals surface area contributed by atoms with E-state index in [1.807, 2.05) is 19.1 Å². The lowest BCUT2D eigenvalue weighted by Crippen LogP contribution is -2.34. The van der Waals surface area contributed by atoms with E-state index < -0.39 is 11.7 Å². The first-order chi connectivity index (χ1) is 8.04. The quantitative estimate of drug-likeness (QED) is 0.613. The Morgan fingerprint density at radius 2 is 2.06 bits per heavy atom. The van der Waals surface area contributed by atoms with Gasteiger partial charge in [0.1, 0.15) is 0 Å². The van der Waals surface area contributed by atoms with Crippen LogP contribution in [0.4, 0.5) is 5.69 Å². The molecule has 0 saturated heterocycles. The number of amides is 1. The third-order valence-electron chi connectivity index (χ3n) is 2.69. The van der Waals surface area contributed by atoms with Gasteiger partial charge in [0.15, 0.2) is 0 Å². The number of alkyl halides is 1. The topological polar surface area (TPSA) is 37.4 Å². The first-order valence-corrected chi connectivity index (χ1v) is 7.17. The minimum absolute atomic E-state index is 0.307. The highest BCUT2D eigenvalue weighted by molar-refractivity contribution is 9.10. The lowest BCUT2D eigenvalue weighted by Gasteiger charge is -2.19. The van der Waals surface area contributed by atoms with Gasteiger partial charge >= 0.3 is 0 Å². The van der Waals surface area contributed by atoms with E-state index in [4.69, 9.17) is 0 Å². The number of carbonyl (C=O) groups excluding carboxylic acids is 2. The first kappa shape index (κ1) is 12.8. The molecule has 90 valence electrons. The summed E-state index contributed by atoms with van der Waals surface area (Å²) in [4.78, 5) is 25.2. The molecule has 17 heavy (non-hydrogen) atoms. The highest BCUT2D eigenvalue weighted by Crippen LogP contribution is 2.31. The summed E-state index contributed by atoms with van der Waals surface area (Å²) in [5, 5.41) is 0.802. The van der Waals surface area contributed by atoms with Gasteiger partial charge in [0.25, 0.3) is 11.7 Å². The standard InChI is InChI=1S/C12H11Br2NO2/c1-7(5-13)6-15-10-3-2-8(14)4-9(10)11(16)12(15)17/h2-4,7H,5-6H2,1H3. The number of anilines is 1. The van der Waals surface area contributed by atoms with Gasteiger partial charge in [0.05, 0.1) is 11.3 Å². The highest BCUT2D eigenvalue weighted by Gasteiger charge is 2.36. The number of nitrogens with zero attached hydrogens (tertiary/aromatic N) is 1. The van der Waals surface area contributed by atoms with Crippen LogP contribution in [0.3, 0.4) is 0 Å². The van der Waals surface area contributed by atoms with Crippen molar-refractivity contribution in [2.24, 2.45) is 5.92 Å². The monoisotopic (exact) mass is 359 g/mol. The van der Waals surface area contributed by atoms with Crippen molar-refractivity contribution in [1.82, 2.24) is 0 Å². The fourth-order valence-corrected chi connectivity index (χ4v) is 2.38. The lowest BCUT2D eigenvalue weighted by molar-refractivity contribution is -0.114. The molecule has 0 aromatic heterocycles. The zero-order valence-electron chi connectivity index (χ0n) is 9.24. The molecule has 1 aliphatic rings. The number of hydrogen-bond acceptors (Lipinski definition) is 2. The van der Waals surface area contributed by atoms with Crippen molar-refractivity contribution in [1.29, 1.82) is 0 Å². The number of rotatable bonds is 3. The van der Waals surface area contributed by atoms with E-state index in [9.17, 15) is 9.59 Å². The Balaban J connectivity index is 2.38. The highest BCUT2D eigenvalue weighted by atomic mass is 79.9. The summed E-state index contributed by atoms with van der Waals surface area (Å²) in [5.74, 6) is -0.532. The van der Waals surface area contributed by atoms with Crippen molar-refractivity contribution in [3.05, 3.63) is 28.2 Å². The number of ketones is 1. The molecule has 1 amide bonds. The van der Waals surface area contributed by atoms with Crippen molar-refractivity contribution in [2.75, 3.05) is 16.8 Å². The van der Waals surface area contributed by atoms with Crippen molar-refractivity contribution in [3.8, 4) is 0 Å². The van der Waals surface area contributed by atoms with Crippen LogP contribution in [0.1, 0.15) is 17.3 Å². The van der Waals surface area contributed by atoms with Crippen LogP contribution in [0.2, 0.25) is 0 Å². The minimum atomic E-state index is -0.425. The normalized spacial score (nSPS) is 16.3. The summed E-state index contributed by atoms with van der Waals surface area (Å²) in [5.41, 5.74) is 1.21. The number of halogens is 2. The third kappa shape index (κ3) is 2.31. The molecular weight excluding hydrogens is 350 g/mol. The Morgan fingerprint density at radius 3 is 2.71 bits per heavy atom. The number of hydrogen-bond donors (Lipinski definition) is 0. The van der Waals surface area contributed by atoms with Crippen molar-refractivity contribution < 1.29 is 9.59 Å². The molecule has 0 saturated carbocycles. The van der Waals surface area contributed by atoms with Crippen LogP contribution < -0.4 is 4.90 Å². The van der Waals surface area contributed by atoms with Gasteiger partial charge in [-0.05, 0) is 24.1 Å². The van der Waals surface area contributed by atoms with Gasteiger partial charge in [-0.3, -0.25) is 9.59 Å². The summed E-state index contributed by atoms with van der Waals surface area (Å²) < 4.78 is 0.813. The Morgan fingerprint density at radius 1 is 1.35 bits per heavy atom. The maximum absolute atomic E-state index is 11.9. The van der Waals surface area contributed by atoms with E-state index in [0.29, 0.717) is 18.0 Å². The zero-order chi connectivity index (χ0) is 12.6. The zero-order valence-corrected chi connectivity index (χ0v) is 12.4. The van der Waals surface area contributed by atoms with Gasteiger partial charge in [0.2, 0.25) is 0 Å². The largest absolute Gasteiger partial charge is 0.304 e. The molecule has 2 rings (SSSR count). The van der Waals surface area contributed by atoms with Gasteiger partial charge < -0.3 is 4.90 Å². The summed E-state index contributed by atoms with van der Waals surface area (Å²) >= 11 is 6.69. The molecule has 0 radical (unpaired) electrons. The maximum Gasteiger partial charge on any atom is 0.299 e. The van der Waals surface area contributed by atoms with E-state index in [1.165, 1.54) is 0 Å². The first-order valence-electron chi connectivity index (χ1n) is 5.26. The predicted molar refractivity (Wildman–Crippen MR) is 73.8 cm³/mol. The van der Waals surface area contributed by atoms with E-state index in [-0.39, 0.29) is 0 Å². The molecule has 0 fully saturated rings. The molecule has 1 aromatic carbocycles. The van der Waals surface area contributed by atoms with Crippen LogP contribution >= 0.6 is 31.9 Å². The van der Waals surface area contributed by atoms with Crippen LogP contribution in [0.25, 0.3) is 0 Å².